The number of nitrogens with zero attached hydrogens (tertiary/aromatic N) is 1. The van der Waals surface area contributed by atoms with Crippen LogP contribution in [0.4, 0.5) is 0 Å². The van der Waals surface area contributed by atoms with Gasteiger partial charge in [-0.2, -0.15) is 0 Å². The molecule has 4 heteroatoms. The van der Waals surface area contributed by atoms with Crippen molar-refractivity contribution < 1.29 is 4.79 Å². The quantitative estimate of drug-likeness (QED) is 0.146. The van der Waals surface area contributed by atoms with Crippen molar-refractivity contribution >= 4 is 47.0 Å². The zero-order valence-electron chi connectivity index (χ0n) is 21.9. The molecule has 194 valence electrons. The van der Waals surface area contributed by atoms with Gasteiger partial charge in [0, 0.05) is 23.2 Å². The van der Waals surface area contributed by atoms with Crippen molar-refractivity contribution in [3.8, 4) is 0 Å². The third-order valence-corrected chi connectivity index (χ3v) is 11.3. The van der Waals surface area contributed by atoms with Gasteiger partial charge in [-0.3, -0.25) is 4.79 Å². The summed E-state index contributed by atoms with van der Waals surface area (Å²) in [7, 11) is -0.543. The Balaban J connectivity index is 1.23. The van der Waals surface area contributed by atoms with Crippen LogP contribution >= 0.6 is 19.7 Å². The van der Waals surface area contributed by atoms with Gasteiger partial charge in [-0.15, -0.1) is 11.8 Å². The second-order valence-corrected chi connectivity index (χ2v) is 13.3. The Labute approximate surface area is 236 Å². The first kappa shape index (κ1) is 25.9. The molecule has 0 aromatic heterocycles. The lowest BCUT2D eigenvalue weighted by atomic mass is 10.1. The molecular formula is C35H32NOPS. The van der Waals surface area contributed by atoms with Gasteiger partial charge in [-0.25, -0.2) is 0 Å². The number of fused-ring (bicyclic) bond motifs is 1. The Morgan fingerprint density at radius 1 is 0.744 bits per heavy atom. The van der Waals surface area contributed by atoms with Crippen LogP contribution in [0.25, 0.3) is 10.8 Å². The van der Waals surface area contributed by atoms with Crippen LogP contribution in [0.5, 0.6) is 0 Å². The number of likely N-dealkylation sites (tertiary alicyclic amines) is 1. The predicted octanol–water partition coefficient (Wildman–Crippen LogP) is 7.87. The second-order valence-electron chi connectivity index (χ2n) is 10.00. The minimum absolute atomic E-state index is 0.176. The monoisotopic (exact) mass is 545 g/mol. The molecule has 1 heterocycles. The molecule has 5 aromatic carbocycles. The van der Waals surface area contributed by atoms with Gasteiger partial charge in [-0.1, -0.05) is 115 Å². The third-order valence-electron chi connectivity index (χ3n) is 7.55. The lowest BCUT2D eigenvalue weighted by Crippen LogP contribution is -2.38. The summed E-state index contributed by atoms with van der Waals surface area (Å²) in [4.78, 5) is 17.3. The SMILES string of the molecule is O=C(c1ccccc1SCc1cccc2ccccc12)N1CCC[C@H]1CP(c1ccccc1)c1ccccc1. The molecule has 1 aliphatic heterocycles. The number of thioether (sulfide) groups is 1. The van der Waals surface area contributed by atoms with E-state index in [9.17, 15) is 4.79 Å². The van der Waals surface area contributed by atoms with Crippen molar-refractivity contribution in [2.45, 2.75) is 29.5 Å². The molecule has 0 N–H and O–H groups in total. The predicted molar refractivity (Wildman–Crippen MR) is 168 cm³/mol. The number of amides is 1. The van der Waals surface area contributed by atoms with Gasteiger partial charge >= 0.3 is 0 Å². The lowest BCUT2D eigenvalue weighted by molar-refractivity contribution is 0.0746. The van der Waals surface area contributed by atoms with E-state index in [0.717, 1.165) is 41.8 Å². The molecule has 6 rings (SSSR count). The summed E-state index contributed by atoms with van der Waals surface area (Å²) in [6.45, 7) is 0.832. The van der Waals surface area contributed by atoms with Crippen LogP contribution in [0.2, 0.25) is 0 Å². The Kier molecular flexibility index (Phi) is 8.09. The van der Waals surface area contributed by atoms with Crippen molar-refractivity contribution in [3.05, 3.63) is 139 Å². The summed E-state index contributed by atoms with van der Waals surface area (Å²) in [6, 6.07) is 45.1. The highest BCUT2D eigenvalue weighted by Gasteiger charge is 2.33. The van der Waals surface area contributed by atoms with Gasteiger partial charge < -0.3 is 4.90 Å². The highest BCUT2D eigenvalue weighted by atomic mass is 32.2. The molecule has 5 aromatic rings. The molecule has 2 nitrogen and oxygen atoms in total. The van der Waals surface area contributed by atoms with Crippen LogP contribution < -0.4 is 10.6 Å². The zero-order valence-corrected chi connectivity index (χ0v) is 23.7. The molecule has 39 heavy (non-hydrogen) atoms. The summed E-state index contributed by atoms with van der Waals surface area (Å²) in [5.41, 5.74) is 2.13. The maximum absolute atomic E-state index is 14.1. The molecule has 1 aliphatic rings. The molecule has 1 amide bonds. The average Bonchev–Trinajstić information content (AvgIpc) is 3.48. The van der Waals surface area contributed by atoms with E-state index in [1.807, 2.05) is 18.2 Å². The van der Waals surface area contributed by atoms with E-state index in [-0.39, 0.29) is 11.9 Å². The third kappa shape index (κ3) is 5.81. The highest BCUT2D eigenvalue weighted by molar-refractivity contribution is 7.98. The van der Waals surface area contributed by atoms with E-state index in [1.54, 1.807) is 11.8 Å². The van der Waals surface area contributed by atoms with Crippen LogP contribution in [0.1, 0.15) is 28.8 Å². The van der Waals surface area contributed by atoms with E-state index in [4.69, 9.17) is 0 Å². The Bertz CT molecular complexity index is 1510. The van der Waals surface area contributed by atoms with Crippen molar-refractivity contribution in [3.63, 3.8) is 0 Å². The van der Waals surface area contributed by atoms with Crippen molar-refractivity contribution in [2.75, 3.05) is 12.7 Å². The van der Waals surface area contributed by atoms with Gasteiger partial charge in [0.2, 0.25) is 0 Å². The average molecular weight is 546 g/mol. The fourth-order valence-electron chi connectivity index (χ4n) is 5.58. The van der Waals surface area contributed by atoms with Crippen LogP contribution in [0, 0.1) is 0 Å². The number of hydrogen-bond donors (Lipinski definition) is 0. The van der Waals surface area contributed by atoms with Crippen LogP contribution in [-0.2, 0) is 5.75 Å². The summed E-state index contributed by atoms with van der Waals surface area (Å²) < 4.78 is 0. The Hall–Kier alpha value is -3.39. The van der Waals surface area contributed by atoms with Gasteiger partial charge in [0.15, 0.2) is 0 Å². The molecule has 0 unspecified atom stereocenters. The number of carbonyl (C=O) groups excluding carboxylic acids is 1. The first-order valence-corrected chi connectivity index (χ1v) is 16.2. The first-order chi connectivity index (χ1) is 19.3. The topological polar surface area (TPSA) is 20.3 Å². The normalized spacial score (nSPS) is 15.2. The van der Waals surface area contributed by atoms with E-state index < -0.39 is 7.92 Å². The van der Waals surface area contributed by atoms with Crippen molar-refractivity contribution in [1.82, 2.24) is 4.90 Å². The fourth-order valence-corrected chi connectivity index (χ4v) is 9.21. The van der Waals surface area contributed by atoms with E-state index in [0.29, 0.717) is 0 Å². The molecule has 1 atom stereocenters. The largest absolute Gasteiger partial charge is 0.335 e. The van der Waals surface area contributed by atoms with Crippen LogP contribution in [0.15, 0.2) is 132 Å². The minimum Gasteiger partial charge on any atom is -0.335 e. The summed E-state index contributed by atoms with van der Waals surface area (Å²) in [5, 5.41) is 5.30. The van der Waals surface area contributed by atoms with Gasteiger partial charge in [0.1, 0.15) is 0 Å². The maximum atomic E-state index is 14.1. The molecule has 1 fully saturated rings. The molecule has 1 saturated heterocycles. The zero-order chi connectivity index (χ0) is 26.4. The van der Waals surface area contributed by atoms with Crippen LogP contribution in [-0.4, -0.2) is 29.6 Å². The second kappa shape index (κ2) is 12.2. The summed E-state index contributed by atoms with van der Waals surface area (Å²) in [5.74, 6) is 1.01. The highest BCUT2D eigenvalue weighted by Crippen LogP contribution is 2.39. The van der Waals surface area contributed by atoms with E-state index in [1.165, 1.54) is 26.9 Å². The smallest absolute Gasteiger partial charge is 0.255 e. The van der Waals surface area contributed by atoms with Crippen molar-refractivity contribution in [2.24, 2.45) is 0 Å². The number of rotatable bonds is 8. The van der Waals surface area contributed by atoms with Gasteiger partial charge in [0.05, 0.1) is 5.56 Å². The van der Waals surface area contributed by atoms with Gasteiger partial charge in [0.25, 0.3) is 5.91 Å². The fraction of sp³-hybridized carbons (Fsp3) is 0.171. The first-order valence-electron chi connectivity index (χ1n) is 13.6. The number of hydrogen-bond acceptors (Lipinski definition) is 2. The van der Waals surface area contributed by atoms with Crippen molar-refractivity contribution in [1.29, 1.82) is 0 Å². The molecule has 0 saturated carbocycles. The van der Waals surface area contributed by atoms with E-state index >= 15 is 0 Å². The van der Waals surface area contributed by atoms with Crippen LogP contribution in [0.3, 0.4) is 0 Å². The Morgan fingerprint density at radius 3 is 2.15 bits per heavy atom. The molecular weight excluding hydrogens is 513 g/mol. The standard InChI is InChI=1S/C35H32NOPS/c37-35(33-22-9-10-23-34(33)39-26-28-15-11-14-27-13-7-8-21-32(27)28)36-24-12-16-29(36)25-38(30-17-3-1-4-18-30)31-19-5-2-6-20-31/h1-11,13-15,17-23,29H,12,16,24-26H2/t29-/m0/s1. The lowest BCUT2D eigenvalue weighted by Gasteiger charge is -2.30. The molecule has 0 aliphatic carbocycles. The number of carbonyl (C=O) groups is 1. The Morgan fingerprint density at radius 2 is 1.38 bits per heavy atom. The molecule has 0 radical (unpaired) electrons. The molecule has 0 bridgehead atoms. The molecule has 0 spiro atoms. The van der Waals surface area contributed by atoms with Gasteiger partial charge in [-0.05, 0) is 66.0 Å². The summed E-state index contributed by atoms with van der Waals surface area (Å²) >= 11 is 1.77. The van der Waals surface area contributed by atoms with E-state index in [2.05, 4.69) is 114 Å². The summed E-state index contributed by atoms with van der Waals surface area (Å²) in [6.07, 6.45) is 3.13. The minimum atomic E-state index is -0.543. The maximum Gasteiger partial charge on any atom is 0.255 e. The number of benzene rings is 5.